The number of aliphatic imine (C=N–C) groups is 1. The van der Waals surface area contributed by atoms with Crippen LogP contribution in [0.1, 0.15) is 5.56 Å². The number of carbonyl (C=O) groups excluding carboxylic acids is 1. The van der Waals surface area contributed by atoms with Gasteiger partial charge < -0.3 is 5.32 Å². The van der Waals surface area contributed by atoms with Crippen LogP contribution in [0.5, 0.6) is 0 Å². The van der Waals surface area contributed by atoms with Gasteiger partial charge in [0.15, 0.2) is 5.17 Å². The van der Waals surface area contributed by atoms with Crippen molar-refractivity contribution in [2.24, 2.45) is 4.99 Å². The Bertz CT molecular complexity index is 787. The summed E-state index contributed by atoms with van der Waals surface area (Å²) in [6.45, 7) is 0. The fraction of sp³-hybridized carbons (Fsp3) is 0. The quantitative estimate of drug-likeness (QED) is 0.785. The summed E-state index contributed by atoms with van der Waals surface area (Å²) in [6.07, 6.45) is 1.53. The van der Waals surface area contributed by atoms with Crippen LogP contribution in [-0.4, -0.2) is 11.1 Å². The molecule has 110 valence electrons. The summed E-state index contributed by atoms with van der Waals surface area (Å²) in [5, 5.41) is 3.16. The fourth-order valence-corrected chi connectivity index (χ4v) is 2.94. The molecule has 0 saturated carbocycles. The van der Waals surface area contributed by atoms with E-state index >= 15 is 0 Å². The maximum Gasteiger partial charge on any atom is 0.264 e. The molecule has 2 aromatic rings. The second kappa shape index (κ2) is 6.46. The molecule has 0 atom stereocenters. The van der Waals surface area contributed by atoms with E-state index in [0.717, 1.165) is 10.2 Å². The summed E-state index contributed by atoms with van der Waals surface area (Å²) < 4.78 is 14.6. The lowest BCUT2D eigenvalue weighted by Crippen LogP contribution is -2.19. The van der Waals surface area contributed by atoms with Crippen LogP contribution in [0.15, 0.2) is 62.9 Å². The Morgan fingerprint density at radius 1 is 1.14 bits per heavy atom. The van der Waals surface area contributed by atoms with Crippen molar-refractivity contribution in [2.45, 2.75) is 0 Å². The molecule has 1 aliphatic heterocycles. The zero-order valence-corrected chi connectivity index (χ0v) is 13.6. The van der Waals surface area contributed by atoms with E-state index in [0.29, 0.717) is 15.6 Å². The number of benzene rings is 2. The van der Waals surface area contributed by atoms with E-state index in [1.54, 1.807) is 18.2 Å². The van der Waals surface area contributed by atoms with Crippen LogP contribution in [0.25, 0.3) is 6.08 Å². The minimum Gasteiger partial charge on any atom is -0.300 e. The number of amidine groups is 1. The summed E-state index contributed by atoms with van der Waals surface area (Å²) in [5.74, 6) is -0.634. The number of halogens is 2. The molecule has 0 unspecified atom stereocenters. The Morgan fingerprint density at radius 3 is 2.59 bits per heavy atom. The van der Waals surface area contributed by atoms with Gasteiger partial charge in [-0.05, 0) is 48.2 Å². The molecule has 1 heterocycles. The monoisotopic (exact) mass is 376 g/mol. The van der Waals surface area contributed by atoms with Gasteiger partial charge in [-0.25, -0.2) is 9.38 Å². The maximum atomic E-state index is 13.6. The highest BCUT2D eigenvalue weighted by molar-refractivity contribution is 9.10. The number of rotatable bonds is 2. The number of amides is 1. The largest absolute Gasteiger partial charge is 0.300 e. The van der Waals surface area contributed by atoms with Crippen LogP contribution < -0.4 is 5.32 Å². The van der Waals surface area contributed by atoms with Crippen molar-refractivity contribution < 1.29 is 9.18 Å². The smallest absolute Gasteiger partial charge is 0.264 e. The highest BCUT2D eigenvalue weighted by Crippen LogP contribution is 2.28. The lowest BCUT2D eigenvalue weighted by Gasteiger charge is -1.97. The van der Waals surface area contributed by atoms with E-state index < -0.39 is 0 Å². The Morgan fingerprint density at radius 2 is 1.86 bits per heavy atom. The van der Waals surface area contributed by atoms with Gasteiger partial charge in [-0.3, -0.25) is 4.79 Å². The van der Waals surface area contributed by atoms with Crippen molar-refractivity contribution in [3.8, 4) is 0 Å². The molecule has 6 heteroatoms. The zero-order valence-electron chi connectivity index (χ0n) is 11.2. The number of hydrogen-bond acceptors (Lipinski definition) is 3. The van der Waals surface area contributed by atoms with Crippen LogP contribution in [0.3, 0.4) is 0 Å². The second-order valence-corrected chi connectivity index (χ2v) is 6.43. The highest BCUT2D eigenvalue weighted by atomic mass is 79.9. The Balaban J connectivity index is 1.84. The first-order chi connectivity index (χ1) is 10.6. The third-order valence-electron chi connectivity index (χ3n) is 2.90. The van der Waals surface area contributed by atoms with Gasteiger partial charge >= 0.3 is 0 Å². The second-order valence-electron chi connectivity index (χ2n) is 4.48. The molecular weight excluding hydrogens is 367 g/mol. The van der Waals surface area contributed by atoms with E-state index in [4.69, 9.17) is 0 Å². The first kappa shape index (κ1) is 15.0. The van der Waals surface area contributed by atoms with Crippen molar-refractivity contribution in [2.75, 3.05) is 0 Å². The van der Waals surface area contributed by atoms with E-state index in [9.17, 15) is 9.18 Å². The number of nitrogens with one attached hydrogen (secondary N) is 1. The summed E-state index contributed by atoms with van der Waals surface area (Å²) in [7, 11) is 0. The molecule has 0 spiro atoms. The predicted octanol–water partition coefficient (Wildman–Crippen LogP) is 4.48. The molecular formula is C16H10BrFN2OS. The Labute approximate surface area is 139 Å². The molecule has 0 aromatic heterocycles. The van der Waals surface area contributed by atoms with Gasteiger partial charge in [0.05, 0.1) is 10.6 Å². The highest BCUT2D eigenvalue weighted by Gasteiger charge is 2.24. The van der Waals surface area contributed by atoms with Gasteiger partial charge in [-0.15, -0.1) is 0 Å². The van der Waals surface area contributed by atoms with E-state index in [1.807, 2.05) is 24.3 Å². The molecule has 1 aliphatic rings. The summed E-state index contributed by atoms with van der Waals surface area (Å²) in [4.78, 5) is 16.7. The Kier molecular flexibility index (Phi) is 4.40. The van der Waals surface area contributed by atoms with Crippen molar-refractivity contribution in [3.05, 3.63) is 69.3 Å². The van der Waals surface area contributed by atoms with Gasteiger partial charge in [0.25, 0.3) is 5.91 Å². The fourth-order valence-electron chi connectivity index (χ4n) is 1.85. The van der Waals surface area contributed by atoms with Crippen LogP contribution >= 0.6 is 27.7 Å². The summed E-state index contributed by atoms with van der Waals surface area (Å²) in [6, 6.07) is 13.7. The first-order valence-corrected chi connectivity index (χ1v) is 8.02. The molecule has 1 saturated heterocycles. The molecule has 1 amide bonds. The van der Waals surface area contributed by atoms with Crippen LogP contribution in [0, 0.1) is 5.82 Å². The molecule has 22 heavy (non-hydrogen) atoms. The maximum absolute atomic E-state index is 13.6. The van der Waals surface area contributed by atoms with Crippen molar-refractivity contribution >= 4 is 50.5 Å². The summed E-state index contributed by atoms with van der Waals surface area (Å²) in [5.41, 5.74) is 1.11. The van der Waals surface area contributed by atoms with Gasteiger partial charge in [0.1, 0.15) is 5.82 Å². The zero-order chi connectivity index (χ0) is 15.5. The average Bonchev–Trinajstić information content (AvgIpc) is 2.84. The topological polar surface area (TPSA) is 41.5 Å². The number of nitrogens with zero attached hydrogens (tertiary/aromatic N) is 1. The molecule has 0 bridgehead atoms. The minimum atomic E-state index is -0.360. The number of thioether (sulfide) groups is 1. The minimum absolute atomic E-state index is 0.274. The number of carbonyl (C=O) groups is 1. The molecule has 0 aliphatic carbocycles. The molecule has 3 rings (SSSR count). The van der Waals surface area contributed by atoms with Crippen LogP contribution in [-0.2, 0) is 4.79 Å². The van der Waals surface area contributed by atoms with Gasteiger partial charge in [-0.2, -0.15) is 0 Å². The normalized spacial score (nSPS) is 18.0. The standard InChI is InChI=1S/C16H10BrFN2OS/c17-11-5-7-12(8-6-11)19-16-20-15(21)14(22-16)9-10-3-1-2-4-13(10)18/h1-9H,(H,19,20,21)/b14-9-. The van der Waals surface area contributed by atoms with Crippen molar-refractivity contribution in [1.82, 2.24) is 5.32 Å². The first-order valence-electron chi connectivity index (χ1n) is 6.41. The molecule has 0 radical (unpaired) electrons. The van der Waals surface area contributed by atoms with Crippen molar-refractivity contribution in [3.63, 3.8) is 0 Å². The van der Waals surface area contributed by atoms with Crippen LogP contribution in [0.2, 0.25) is 0 Å². The third-order valence-corrected chi connectivity index (χ3v) is 4.34. The van der Waals surface area contributed by atoms with E-state index in [2.05, 4.69) is 26.2 Å². The summed E-state index contributed by atoms with van der Waals surface area (Å²) >= 11 is 4.55. The molecule has 3 nitrogen and oxygen atoms in total. The van der Waals surface area contributed by atoms with E-state index in [-0.39, 0.29) is 11.7 Å². The van der Waals surface area contributed by atoms with E-state index in [1.165, 1.54) is 23.9 Å². The Hall–Kier alpha value is -1.92. The van der Waals surface area contributed by atoms with Crippen LogP contribution in [0.4, 0.5) is 10.1 Å². The SMILES string of the molecule is O=C1NC(=Nc2ccc(Br)cc2)S/C1=C\c1ccccc1F. The molecule has 1 N–H and O–H groups in total. The number of hydrogen-bond donors (Lipinski definition) is 1. The van der Waals surface area contributed by atoms with Gasteiger partial charge in [-0.1, -0.05) is 34.1 Å². The average molecular weight is 377 g/mol. The third kappa shape index (κ3) is 3.45. The molecule has 2 aromatic carbocycles. The molecule has 1 fully saturated rings. The lowest BCUT2D eigenvalue weighted by molar-refractivity contribution is -0.115. The van der Waals surface area contributed by atoms with Gasteiger partial charge in [0, 0.05) is 10.0 Å². The van der Waals surface area contributed by atoms with Gasteiger partial charge in [0.2, 0.25) is 0 Å². The predicted molar refractivity (Wildman–Crippen MR) is 91.3 cm³/mol. The van der Waals surface area contributed by atoms with Crippen molar-refractivity contribution in [1.29, 1.82) is 0 Å². The lowest BCUT2D eigenvalue weighted by atomic mass is 10.2.